The second-order valence-corrected chi connectivity index (χ2v) is 4.82. The molecule has 1 saturated carbocycles. The third kappa shape index (κ3) is 3.45. The van der Waals surface area contributed by atoms with Gasteiger partial charge in [-0.05, 0) is 25.2 Å². The van der Waals surface area contributed by atoms with Crippen LogP contribution in [0.5, 0.6) is 5.75 Å². The Morgan fingerprint density at radius 1 is 1.42 bits per heavy atom. The lowest BCUT2D eigenvalue weighted by Crippen LogP contribution is -2.25. The molecule has 1 aromatic heterocycles. The Morgan fingerprint density at radius 2 is 2.21 bits per heavy atom. The topological polar surface area (TPSA) is 105 Å². The van der Waals surface area contributed by atoms with Crippen LogP contribution in [0.1, 0.15) is 25.7 Å². The summed E-state index contributed by atoms with van der Waals surface area (Å²) in [4.78, 5) is 8.14. The Morgan fingerprint density at radius 3 is 2.89 bits per heavy atom. The maximum absolute atomic E-state index is 9.66. The Kier molecular flexibility index (Phi) is 4.75. The first-order chi connectivity index (χ1) is 9.24. The molecule has 7 heteroatoms. The summed E-state index contributed by atoms with van der Waals surface area (Å²) in [6.07, 6.45) is 5.20. The summed E-state index contributed by atoms with van der Waals surface area (Å²) in [6.45, 7) is 0.758. The fraction of sp³-hybridized carbons (Fsp3) is 0.667. The standard InChI is InChI=1S/C12H21N5O2/c1-19-10-11(15-7-16-12(10)17-13)14-6-8-3-2-4-9(18)5-8/h7-9,18H,2-6,13H2,1H3,(H2,14,15,16,17). The van der Waals surface area contributed by atoms with E-state index in [2.05, 4.69) is 20.7 Å². The summed E-state index contributed by atoms with van der Waals surface area (Å²) in [5.74, 6) is 7.39. The maximum atomic E-state index is 9.66. The molecule has 7 nitrogen and oxygen atoms in total. The number of rotatable bonds is 5. The van der Waals surface area contributed by atoms with Gasteiger partial charge in [0.1, 0.15) is 6.33 Å². The number of hydrazine groups is 1. The van der Waals surface area contributed by atoms with Gasteiger partial charge in [-0.1, -0.05) is 6.42 Å². The highest BCUT2D eigenvalue weighted by Gasteiger charge is 2.20. The largest absolute Gasteiger partial charge is 0.490 e. The predicted octanol–water partition coefficient (Wildman–Crippen LogP) is 0.734. The molecule has 1 fully saturated rings. The molecule has 2 atom stereocenters. The first-order valence-electron chi connectivity index (χ1n) is 6.52. The van der Waals surface area contributed by atoms with Crippen LogP contribution in [0.4, 0.5) is 11.6 Å². The fourth-order valence-corrected chi connectivity index (χ4v) is 2.48. The van der Waals surface area contributed by atoms with Crippen molar-refractivity contribution in [2.75, 3.05) is 24.4 Å². The predicted molar refractivity (Wildman–Crippen MR) is 72.8 cm³/mol. The third-order valence-electron chi connectivity index (χ3n) is 3.46. The van der Waals surface area contributed by atoms with Gasteiger partial charge in [-0.2, -0.15) is 0 Å². The quantitative estimate of drug-likeness (QED) is 0.460. The highest BCUT2D eigenvalue weighted by Crippen LogP contribution is 2.30. The molecule has 1 aromatic rings. The smallest absolute Gasteiger partial charge is 0.205 e. The number of aromatic nitrogens is 2. The summed E-state index contributed by atoms with van der Waals surface area (Å²) in [6, 6.07) is 0. The van der Waals surface area contributed by atoms with Crippen LogP contribution in [-0.2, 0) is 0 Å². The van der Waals surface area contributed by atoms with Gasteiger partial charge in [0.05, 0.1) is 13.2 Å². The average Bonchev–Trinajstić information content (AvgIpc) is 2.44. The van der Waals surface area contributed by atoms with Crippen molar-refractivity contribution >= 4 is 11.6 Å². The van der Waals surface area contributed by atoms with E-state index in [9.17, 15) is 5.11 Å². The number of nitrogens with one attached hydrogen (secondary N) is 2. The Hall–Kier alpha value is -1.60. The molecular formula is C12H21N5O2. The van der Waals surface area contributed by atoms with Crippen molar-refractivity contribution < 1.29 is 9.84 Å². The molecular weight excluding hydrogens is 246 g/mol. The van der Waals surface area contributed by atoms with E-state index in [1.807, 2.05) is 0 Å². The summed E-state index contributed by atoms with van der Waals surface area (Å²) >= 11 is 0. The number of nitrogen functional groups attached to an aromatic ring is 1. The average molecular weight is 267 g/mol. The lowest BCUT2D eigenvalue weighted by molar-refractivity contribution is 0.104. The molecule has 0 amide bonds. The van der Waals surface area contributed by atoms with Crippen molar-refractivity contribution in [3.8, 4) is 5.75 Å². The maximum Gasteiger partial charge on any atom is 0.205 e. The minimum Gasteiger partial charge on any atom is -0.490 e. The molecule has 1 heterocycles. The molecule has 5 N–H and O–H groups in total. The second kappa shape index (κ2) is 6.53. The minimum atomic E-state index is -0.172. The lowest BCUT2D eigenvalue weighted by Gasteiger charge is -2.26. The van der Waals surface area contributed by atoms with Crippen molar-refractivity contribution in [3.05, 3.63) is 6.33 Å². The van der Waals surface area contributed by atoms with Crippen LogP contribution >= 0.6 is 0 Å². The first kappa shape index (κ1) is 13.8. The number of ether oxygens (including phenoxy) is 1. The van der Waals surface area contributed by atoms with Crippen LogP contribution in [0.2, 0.25) is 0 Å². The van der Waals surface area contributed by atoms with E-state index in [0.29, 0.717) is 23.3 Å². The highest BCUT2D eigenvalue weighted by molar-refractivity contribution is 5.62. The monoisotopic (exact) mass is 267 g/mol. The number of nitrogens with zero attached hydrogens (tertiary/aromatic N) is 2. The van der Waals surface area contributed by atoms with Crippen LogP contribution in [-0.4, -0.2) is 34.8 Å². The number of hydrogen-bond acceptors (Lipinski definition) is 7. The molecule has 106 valence electrons. The zero-order valence-electron chi connectivity index (χ0n) is 11.1. The van der Waals surface area contributed by atoms with Gasteiger partial charge in [-0.15, -0.1) is 0 Å². The first-order valence-corrected chi connectivity index (χ1v) is 6.52. The fourth-order valence-electron chi connectivity index (χ4n) is 2.48. The van der Waals surface area contributed by atoms with Gasteiger partial charge in [-0.25, -0.2) is 15.8 Å². The molecule has 19 heavy (non-hydrogen) atoms. The molecule has 1 aliphatic rings. The Labute approximate surface area is 112 Å². The highest BCUT2D eigenvalue weighted by atomic mass is 16.5. The molecule has 1 aliphatic carbocycles. The number of aliphatic hydroxyl groups is 1. The molecule has 0 radical (unpaired) electrons. The SMILES string of the molecule is COc1c(NN)ncnc1NCC1CCCC(O)C1. The normalized spacial score (nSPS) is 22.9. The second-order valence-electron chi connectivity index (χ2n) is 4.82. The Bertz CT molecular complexity index is 415. The molecule has 0 aromatic carbocycles. The van der Waals surface area contributed by atoms with Gasteiger partial charge in [0.15, 0.2) is 11.6 Å². The van der Waals surface area contributed by atoms with Crippen LogP contribution in [0.3, 0.4) is 0 Å². The number of methoxy groups -OCH3 is 1. The summed E-state index contributed by atoms with van der Waals surface area (Å²) in [5.41, 5.74) is 2.48. The van der Waals surface area contributed by atoms with Gasteiger partial charge < -0.3 is 20.6 Å². The van der Waals surface area contributed by atoms with Gasteiger partial charge >= 0.3 is 0 Å². The molecule has 0 bridgehead atoms. The number of nitrogens with two attached hydrogens (primary N) is 1. The van der Waals surface area contributed by atoms with Crippen LogP contribution in [0, 0.1) is 5.92 Å². The molecule has 0 saturated heterocycles. The van der Waals surface area contributed by atoms with Crippen molar-refractivity contribution in [2.24, 2.45) is 11.8 Å². The lowest BCUT2D eigenvalue weighted by atomic mass is 9.87. The molecule has 2 unspecified atom stereocenters. The molecule has 0 spiro atoms. The van der Waals surface area contributed by atoms with Crippen LogP contribution in [0.25, 0.3) is 0 Å². The van der Waals surface area contributed by atoms with Crippen molar-refractivity contribution in [3.63, 3.8) is 0 Å². The van der Waals surface area contributed by atoms with E-state index in [0.717, 1.165) is 32.2 Å². The zero-order valence-corrected chi connectivity index (χ0v) is 11.1. The third-order valence-corrected chi connectivity index (χ3v) is 3.46. The summed E-state index contributed by atoms with van der Waals surface area (Å²) in [5, 5.41) is 12.9. The van der Waals surface area contributed by atoms with E-state index in [4.69, 9.17) is 10.6 Å². The van der Waals surface area contributed by atoms with Crippen molar-refractivity contribution in [2.45, 2.75) is 31.8 Å². The van der Waals surface area contributed by atoms with Crippen molar-refractivity contribution in [1.82, 2.24) is 9.97 Å². The zero-order chi connectivity index (χ0) is 13.7. The number of anilines is 2. The van der Waals surface area contributed by atoms with Crippen molar-refractivity contribution in [1.29, 1.82) is 0 Å². The van der Waals surface area contributed by atoms with E-state index >= 15 is 0 Å². The number of hydrogen-bond donors (Lipinski definition) is 4. The number of aliphatic hydroxyl groups excluding tert-OH is 1. The van der Waals surface area contributed by atoms with Gasteiger partial charge in [-0.3, -0.25) is 0 Å². The van der Waals surface area contributed by atoms with E-state index in [1.54, 1.807) is 7.11 Å². The van der Waals surface area contributed by atoms with E-state index < -0.39 is 0 Å². The van der Waals surface area contributed by atoms with Crippen LogP contribution < -0.4 is 21.3 Å². The van der Waals surface area contributed by atoms with Gasteiger partial charge in [0, 0.05) is 6.54 Å². The molecule has 0 aliphatic heterocycles. The van der Waals surface area contributed by atoms with Crippen LogP contribution in [0.15, 0.2) is 6.33 Å². The summed E-state index contributed by atoms with van der Waals surface area (Å²) < 4.78 is 5.25. The van der Waals surface area contributed by atoms with Gasteiger partial charge in [0.25, 0.3) is 0 Å². The van der Waals surface area contributed by atoms with Gasteiger partial charge in [0.2, 0.25) is 5.75 Å². The summed E-state index contributed by atoms with van der Waals surface area (Å²) in [7, 11) is 1.55. The van der Waals surface area contributed by atoms with E-state index in [-0.39, 0.29) is 6.10 Å². The Balaban J connectivity index is 1.99. The minimum absolute atomic E-state index is 0.172. The molecule has 2 rings (SSSR count). The van der Waals surface area contributed by atoms with E-state index in [1.165, 1.54) is 6.33 Å².